The molecular formula is C10H11N5S. The summed E-state index contributed by atoms with van der Waals surface area (Å²) in [6.45, 7) is 0. The molecule has 0 aromatic carbocycles. The van der Waals surface area contributed by atoms with Crippen LogP contribution in [0.5, 0.6) is 0 Å². The van der Waals surface area contributed by atoms with Gasteiger partial charge in [-0.25, -0.2) is 15.8 Å². The van der Waals surface area contributed by atoms with Gasteiger partial charge in [0.25, 0.3) is 0 Å². The minimum Gasteiger partial charge on any atom is -0.307 e. The van der Waals surface area contributed by atoms with Crippen molar-refractivity contribution in [1.82, 2.24) is 15.0 Å². The Balaban J connectivity index is 1.94. The lowest BCUT2D eigenvalue weighted by atomic mass is 10.5. The van der Waals surface area contributed by atoms with E-state index in [0.29, 0.717) is 5.82 Å². The van der Waals surface area contributed by atoms with E-state index in [0.717, 1.165) is 16.5 Å². The summed E-state index contributed by atoms with van der Waals surface area (Å²) in [5.41, 5.74) is 3.33. The van der Waals surface area contributed by atoms with Crippen molar-refractivity contribution in [2.75, 3.05) is 5.43 Å². The Labute approximate surface area is 97.5 Å². The molecule has 0 saturated carbocycles. The predicted octanol–water partition coefficient (Wildman–Crippen LogP) is 1.45. The minimum atomic E-state index is 0.562. The molecule has 2 aromatic heterocycles. The molecule has 0 aliphatic carbocycles. The highest BCUT2D eigenvalue weighted by Crippen LogP contribution is 2.18. The smallest absolute Gasteiger partial charge is 0.158 e. The van der Waals surface area contributed by atoms with Gasteiger partial charge in [-0.3, -0.25) is 4.98 Å². The van der Waals surface area contributed by atoms with Gasteiger partial charge in [0, 0.05) is 11.9 Å². The van der Waals surface area contributed by atoms with Crippen LogP contribution in [-0.2, 0) is 5.75 Å². The Bertz CT molecular complexity index is 431. The second-order valence-corrected chi connectivity index (χ2v) is 3.99. The van der Waals surface area contributed by atoms with Crippen LogP contribution in [0.4, 0.5) is 5.82 Å². The Morgan fingerprint density at radius 2 is 2.12 bits per heavy atom. The van der Waals surface area contributed by atoms with Crippen LogP contribution in [0.25, 0.3) is 0 Å². The molecule has 0 unspecified atom stereocenters. The fourth-order valence-electron chi connectivity index (χ4n) is 1.08. The topological polar surface area (TPSA) is 76.7 Å². The first-order valence-corrected chi connectivity index (χ1v) is 5.68. The van der Waals surface area contributed by atoms with Crippen molar-refractivity contribution in [3.8, 4) is 0 Å². The zero-order chi connectivity index (χ0) is 11.2. The average molecular weight is 233 g/mol. The molecule has 0 bridgehead atoms. The summed E-state index contributed by atoms with van der Waals surface area (Å²) < 4.78 is 0. The van der Waals surface area contributed by atoms with Gasteiger partial charge in [-0.2, -0.15) is 0 Å². The van der Waals surface area contributed by atoms with Crippen LogP contribution >= 0.6 is 11.8 Å². The largest absolute Gasteiger partial charge is 0.307 e. The summed E-state index contributed by atoms with van der Waals surface area (Å²) >= 11 is 1.62. The van der Waals surface area contributed by atoms with Crippen molar-refractivity contribution in [2.24, 2.45) is 5.84 Å². The van der Waals surface area contributed by atoms with Crippen LogP contribution in [0.1, 0.15) is 5.69 Å². The summed E-state index contributed by atoms with van der Waals surface area (Å²) in [7, 11) is 0. The van der Waals surface area contributed by atoms with E-state index < -0.39 is 0 Å². The van der Waals surface area contributed by atoms with E-state index in [-0.39, 0.29) is 0 Å². The standard InChI is InChI=1S/C10H11N5S/c11-15-9-6-13-8(5-14-9)7-16-10-3-1-2-4-12-10/h1-6H,7,11H2,(H,14,15). The number of nitrogen functional groups attached to an aromatic ring is 1. The molecule has 2 aromatic rings. The Morgan fingerprint density at radius 1 is 1.19 bits per heavy atom. The fourth-order valence-corrected chi connectivity index (χ4v) is 1.84. The van der Waals surface area contributed by atoms with Crippen LogP contribution in [0.3, 0.4) is 0 Å². The van der Waals surface area contributed by atoms with Crippen LogP contribution in [-0.4, -0.2) is 15.0 Å². The monoisotopic (exact) mass is 233 g/mol. The fraction of sp³-hybridized carbons (Fsp3) is 0.100. The second kappa shape index (κ2) is 5.43. The third kappa shape index (κ3) is 2.91. The lowest BCUT2D eigenvalue weighted by Crippen LogP contribution is -2.08. The van der Waals surface area contributed by atoms with Crippen LogP contribution in [0, 0.1) is 0 Å². The van der Waals surface area contributed by atoms with Crippen molar-refractivity contribution < 1.29 is 0 Å². The maximum absolute atomic E-state index is 5.20. The SMILES string of the molecule is NNc1cnc(CSc2ccccn2)cn1. The van der Waals surface area contributed by atoms with Gasteiger partial charge in [0.05, 0.1) is 23.1 Å². The van der Waals surface area contributed by atoms with Crippen molar-refractivity contribution in [1.29, 1.82) is 0 Å². The number of nitrogens with one attached hydrogen (secondary N) is 1. The zero-order valence-electron chi connectivity index (χ0n) is 8.50. The molecule has 16 heavy (non-hydrogen) atoms. The van der Waals surface area contributed by atoms with Crippen molar-refractivity contribution >= 4 is 17.6 Å². The molecule has 0 spiro atoms. The molecule has 82 valence electrons. The molecule has 0 aliphatic heterocycles. The van der Waals surface area contributed by atoms with E-state index in [4.69, 9.17) is 5.84 Å². The Hall–Kier alpha value is -1.66. The molecule has 0 aliphatic rings. The minimum absolute atomic E-state index is 0.562. The third-order valence-electron chi connectivity index (χ3n) is 1.86. The number of nitrogens with two attached hydrogens (primary N) is 1. The molecule has 0 fully saturated rings. The highest BCUT2D eigenvalue weighted by molar-refractivity contribution is 7.98. The first-order valence-electron chi connectivity index (χ1n) is 4.70. The molecule has 0 radical (unpaired) electrons. The first-order chi connectivity index (χ1) is 7.88. The molecule has 0 atom stereocenters. The highest BCUT2D eigenvalue weighted by atomic mass is 32.2. The van der Waals surface area contributed by atoms with Crippen molar-refractivity contribution in [3.05, 3.63) is 42.5 Å². The zero-order valence-corrected chi connectivity index (χ0v) is 9.31. The molecule has 3 N–H and O–H groups in total. The quantitative estimate of drug-likeness (QED) is 0.473. The molecule has 2 heterocycles. The lowest BCUT2D eigenvalue weighted by Gasteiger charge is -2.01. The van der Waals surface area contributed by atoms with Crippen LogP contribution < -0.4 is 11.3 Å². The van der Waals surface area contributed by atoms with E-state index in [1.807, 2.05) is 18.2 Å². The van der Waals surface area contributed by atoms with Gasteiger partial charge in [-0.05, 0) is 12.1 Å². The maximum atomic E-state index is 5.20. The maximum Gasteiger partial charge on any atom is 0.158 e. The first kappa shape index (κ1) is 10.8. The average Bonchev–Trinajstić information content (AvgIpc) is 2.38. The second-order valence-electron chi connectivity index (χ2n) is 2.99. The number of hydrogen-bond acceptors (Lipinski definition) is 6. The van der Waals surface area contributed by atoms with Crippen molar-refractivity contribution in [2.45, 2.75) is 10.8 Å². The van der Waals surface area contributed by atoms with Gasteiger partial charge < -0.3 is 5.43 Å². The Morgan fingerprint density at radius 3 is 2.75 bits per heavy atom. The molecular weight excluding hydrogens is 222 g/mol. The summed E-state index contributed by atoms with van der Waals surface area (Å²) in [6.07, 6.45) is 5.08. The van der Waals surface area contributed by atoms with Crippen molar-refractivity contribution in [3.63, 3.8) is 0 Å². The number of hydrazine groups is 1. The van der Waals surface area contributed by atoms with E-state index in [9.17, 15) is 0 Å². The number of pyridine rings is 1. The molecule has 2 rings (SSSR count). The molecule has 0 saturated heterocycles. The summed E-state index contributed by atoms with van der Waals surface area (Å²) in [5, 5.41) is 0.977. The van der Waals surface area contributed by atoms with Gasteiger partial charge >= 0.3 is 0 Å². The van der Waals surface area contributed by atoms with E-state index in [1.165, 1.54) is 0 Å². The number of hydrogen-bond donors (Lipinski definition) is 2. The van der Waals surface area contributed by atoms with Crippen LogP contribution in [0.15, 0.2) is 41.8 Å². The predicted molar refractivity (Wildman–Crippen MR) is 63.6 cm³/mol. The number of aromatic nitrogens is 3. The Kier molecular flexibility index (Phi) is 3.68. The van der Waals surface area contributed by atoms with Gasteiger partial charge in [0.2, 0.25) is 0 Å². The molecule has 6 heteroatoms. The van der Waals surface area contributed by atoms with Gasteiger partial charge in [0.15, 0.2) is 5.82 Å². The van der Waals surface area contributed by atoms with Crippen LogP contribution in [0.2, 0.25) is 0 Å². The van der Waals surface area contributed by atoms with Gasteiger partial charge in [0.1, 0.15) is 0 Å². The summed E-state index contributed by atoms with van der Waals surface area (Å²) in [6, 6.07) is 5.82. The van der Waals surface area contributed by atoms with Gasteiger partial charge in [-0.15, -0.1) is 0 Å². The van der Waals surface area contributed by atoms with E-state index in [1.54, 1.807) is 30.4 Å². The number of thioether (sulfide) groups is 1. The number of anilines is 1. The molecule has 0 amide bonds. The molecule has 5 nitrogen and oxygen atoms in total. The normalized spacial score (nSPS) is 10.1. The summed E-state index contributed by atoms with van der Waals surface area (Å²) in [4.78, 5) is 12.5. The third-order valence-corrected chi connectivity index (χ3v) is 2.84. The van der Waals surface area contributed by atoms with E-state index >= 15 is 0 Å². The summed E-state index contributed by atoms with van der Waals surface area (Å²) in [5.74, 6) is 6.50. The highest BCUT2D eigenvalue weighted by Gasteiger charge is 1.99. The van der Waals surface area contributed by atoms with Gasteiger partial charge in [-0.1, -0.05) is 17.8 Å². The number of nitrogens with zero attached hydrogens (tertiary/aromatic N) is 3. The number of rotatable bonds is 4. The van der Waals surface area contributed by atoms with E-state index in [2.05, 4.69) is 20.4 Å². The lowest BCUT2D eigenvalue weighted by molar-refractivity contribution is 1.07.